The minimum atomic E-state index is -3.66. The summed E-state index contributed by atoms with van der Waals surface area (Å²) in [7, 11) is -3.66. The van der Waals surface area contributed by atoms with Crippen LogP contribution in [-0.2, 0) is 27.9 Å². The summed E-state index contributed by atoms with van der Waals surface area (Å²) in [5.74, 6) is -0.187. The smallest absolute Gasteiger partial charge is 0.240 e. The van der Waals surface area contributed by atoms with E-state index in [0.29, 0.717) is 28.7 Å². The predicted molar refractivity (Wildman–Crippen MR) is 120 cm³/mol. The van der Waals surface area contributed by atoms with Crippen LogP contribution >= 0.6 is 23.2 Å². The first-order valence-corrected chi connectivity index (χ1v) is 11.6. The molecule has 0 unspecified atom stereocenters. The molecule has 3 rings (SSSR count). The van der Waals surface area contributed by atoms with Crippen molar-refractivity contribution in [3.63, 3.8) is 0 Å². The second kappa shape index (κ2) is 10.2. The zero-order chi connectivity index (χ0) is 22.4. The lowest BCUT2D eigenvalue weighted by Gasteiger charge is -2.22. The van der Waals surface area contributed by atoms with Crippen molar-refractivity contribution in [2.75, 3.05) is 11.4 Å². The van der Waals surface area contributed by atoms with E-state index in [1.54, 1.807) is 41.3 Å². The van der Waals surface area contributed by atoms with Gasteiger partial charge in [0.2, 0.25) is 15.9 Å². The SMILES string of the molecule is CC(=O)N(Cc1ccc(Cl)c(Cl)c1)c1ccc(S(=O)(=O)NCCCn2cncn2)cc1. The molecule has 1 amide bonds. The molecule has 31 heavy (non-hydrogen) atoms. The third kappa shape index (κ3) is 6.27. The molecular weight excluding hydrogens is 461 g/mol. The maximum Gasteiger partial charge on any atom is 0.240 e. The van der Waals surface area contributed by atoms with Gasteiger partial charge in [0.1, 0.15) is 12.7 Å². The van der Waals surface area contributed by atoms with Gasteiger partial charge in [-0.2, -0.15) is 5.10 Å². The molecule has 0 saturated heterocycles. The highest BCUT2D eigenvalue weighted by Gasteiger charge is 2.17. The minimum absolute atomic E-state index is 0.120. The molecule has 8 nitrogen and oxygen atoms in total. The first-order valence-electron chi connectivity index (χ1n) is 9.40. The topological polar surface area (TPSA) is 97.2 Å². The van der Waals surface area contributed by atoms with Gasteiger partial charge in [-0.15, -0.1) is 0 Å². The number of benzene rings is 2. The predicted octanol–water partition coefficient (Wildman–Crippen LogP) is 3.51. The van der Waals surface area contributed by atoms with Crippen LogP contribution in [0.1, 0.15) is 18.9 Å². The van der Waals surface area contributed by atoms with E-state index in [-0.39, 0.29) is 23.9 Å². The number of aryl methyl sites for hydroxylation is 1. The Labute approximate surface area is 190 Å². The third-order valence-electron chi connectivity index (χ3n) is 4.49. The van der Waals surface area contributed by atoms with Crippen LogP contribution in [0.2, 0.25) is 10.0 Å². The Balaban J connectivity index is 1.65. The fourth-order valence-corrected chi connectivity index (χ4v) is 4.28. The van der Waals surface area contributed by atoms with Gasteiger partial charge in [0.05, 0.1) is 21.5 Å². The van der Waals surface area contributed by atoms with E-state index in [2.05, 4.69) is 14.8 Å². The van der Waals surface area contributed by atoms with E-state index in [9.17, 15) is 13.2 Å². The number of anilines is 1. The molecule has 0 aliphatic carbocycles. The Hall–Kier alpha value is -2.46. The van der Waals surface area contributed by atoms with Crippen LogP contribution in [0.5, 0.6) is 0 Å². The summed E-state index contributed by atoms with van der Waals surface area (Å²) in [4.78, 5) is 17.7. The molecule has 2 aromatic carbocycles. The number of sulfonamides is 1. The van der Waals surface area contributed by atoms with Gasteiger partial charge in [-0.1, -0.05) is 29.3 Å². The van der Waals surface area contributed by atoms with Crippen molar-refractivity contribution in [2.24, 2.45) is 0 Å². The van der Waals surface area contributed by atoms with E-state index < -0.39 is 10.0 Å². The van der Waals surface area contributed by atoms with E-state index in [1.165, 1.54) is 30.3 Å². The van der Waals surface area contributed by atoms with E-state index >= 15 is 0 Å². The molecule has 0 spiro atoms. The molecule has 1 N–H and O–H groups in total. The lowest BCUT2D eigenvalue weighted by molar-refractivity contribution is -0.116. The van der Waals surface area contributed by atoms with Crippen molar-refractivity contribution >= 4 is 44.8 Å². The number of hydrogen-bond acceptors (Lipinski definition) is 5. The largest absolute Gasteiger partial charge is 0.308 e. The number of aromatic nitrogens is 3. The van der Waals surface area contributed by atoms with Crippen LogP contribution < -0.4 is 9.62 Å². The van der Waals surface area contributed by atoms with Gasteiger partial charge in [0.25, 0.3) is 0 Å². The maximum absolute atomic E-state index is 12.5. The number of carbonyl (C=O) groups is 1. The Morgan fingerprint density at radius 1 is 1.13 bits per heavy atom. The molecule has 0 bridgehead atoms. The molecule has 164 valence electrons. The fourth-order valence-electron chi connectivity index (χ4n) is 2.89. The van der Waals surface area contributed by atoms with Crippen molar-refractivity contribution in [1.29, 1.82) is 0 Å². The minimum Gasteiger partial charge on any atom is -0.308 e. The average molecular weight is 482 g/mol. The van der Waals surface area contributed by atoms with Gasteiger partial charge < -0.3 is 4.90 Å². The van der Waals surface area contributed by atoms with Gasteiger partial charge in [-0.25, -0.2) is 18.1 Å². The molecule has 0 aliphatic heterocycles. The Kier molecular flexibility index (Phi) is 7.66. The monoisotopic (exact) mass is 481 g/mol. The molecule has 1 aromatic heterocycles. The summed E-state index contributed by atoms with van der Waals surface area (Å²) in [6.07, 6.45) is 3.58. The van der Waals surface area contributed by atoms with Gasteiger partial charge in [0.15, 0.2) is 0 Å². The second-order valence-corrected chi connectivity index (χ2v) is 9.34. The zero-order valence-corrected chi connectivity index (χ0v) is 19.0. The summed E-state index contributed by atoms with van der Waals surface area (Å²) in [5.41, 5.74) is 1.37. The van der Waals surface area contributed by atoms with Crippen LogP contribution in [0.15, 0.2) is 60.0 Å². The molecule has 3 aromatic rings. The summed E-state index contributed by atoms with van der Waals surface area (Å²) in [6, 6.07) is 11.3. The Bertz CT molecular complexity index is 1140. The number of hydrogen-bond donors (Lipinski definition) is 1. The number of nitrogens with zero attached hydrogens (tertiary/aromatic N) is 4. The summed E-state index contributed by atoms with van der Waals surface area (Å²) < 4.78 is 29.2. The van der Waals surface area contributed by atoms with Crippen LogP contribution in [0.25, 0.3) is 0 Å². The summed E-state index contributed by atoms with van der Waals surface area (Å²) >= 11 is 12.0. The van der Waals surface area contributed by atoms with Crippen LogP contribution in [-0.4, -0.2) is 35.6 Å². The quantitative estimate of drug-likeness (QED) is 0.471. The lowest BCUT2D eigenvalue weighted by atomic mass is 10.2. The number of amides is 1. The summed E-state index contributed by atoms with van der Waals surface area (Å²) in [6.45, 7) is 2.54. The van der Waals surface area contributed by atoms with E-state index in [4.69, 9.17) is 23.2 Å². The Morgan fingerprint density at radius 3 is 2.48 bits per heavy atom. The zero-order valence-electron chi connectivity index (χ0n) is 16.7. The van der Waals surface area contributed by atoms with Crippen LogP contribution in [0.3, 0.4) is 0 Å². The number of nitrogens with one attached hydrogen (secondary N) is 1. The molecule has 0 atom stereocenters. The van der Waals surface area contributed by atoms with Gasteiger partial charge >= 0.3 is 0 Å². The second-order valence-electron chi connectivity index (χ2n) is 6.76. The molecule has 0 saturated carbocycles. The van der Waals surface area contributed by atoms with Crippen molar-refractivity contribution in [1.82, 2.24) is 19.5 Å². The molecular formula is C20H21Cl2N5O3S. The standard InChI is InChI=1S/C20H21Cl2N5O3S/c1-15(28)27(12-16-3-8-19(21)20(22)11-16)17-4-6-18(7-5-17)31(29,30)25-9-2-10-26-14-23-13-24-26/h3-8,11,13-14,25H,2,9-10,12H2,1H3. The van der Waals surface area contributed by atoms with E-state index in [0.717, 1.165) is 5.56 Å². The maximum atomic E-state index is 12.5. The highest BCUT2D eigenvalue weighted by Crippen LogP contribution is 2.25. The Morgan fingerprint density at radius 2 is 1.87 bits per heavy atom. The molecule has 0 radical (unpaired) electrons. The highest BCUT2D eigenvalue weighted by molar-refractivity contribution is 7.89. The van der Waals surface area contributed by atoms with Crippen molar-refractivity contribution in [3.05, 3.63) is 70.7 Å². The third-order valence-corrected chi connectivity index (χ3v) is 6.70. The molecule has 0 fully saturated rings. The van der Waals surface area contributed by atoms with E-state index in [1.807, 2.05) is 0 Å². The number of halogens is 2. The van der Waals surface area contributed by atoms with Gasteiger partial charge in [0, 0.05) is 25.7 Å². The molecule has 0 aliphatic rings. The lowest BCUT2D eigenvalue weighted by Crippen LogP contribution is -2.28. The number of rotatable bonds is 9. The normalized spacial score (nSPS) is 11.5. The van der Waals surface area contributed by atoms with Crippen LogP contribution in [0.4, 0.5) is 5.69 Å². The first kappa shape index (κ1) is 23.2. The van der Waals surface area contributed by atoms with Gasteiger partial charge in [-0.3, -0.25) is 9.48 Å². The first-order chi connectivity index (χ1) is 14.8. The molecule has 11 heteroatoms. The number of carbonyl (C=O) groups excluding carboxylic acids is 1. The van der Waals surface area contributed by atoms with Crippen molar-refractivity contribution < 1.29 is 13.2 Å². The fraction of sp³-hybridized carbons (Fsp3) is 0.250. The highest BCUT2D eigenvalue weighted by atomic mass is 35.5. The van der Waals surface area contributed by atoms with Crippen LogP contribution in [0, 0.1) is 0 Å². The summed E-state index contributed by atoms with van der Waals surface area (Å²) in [5, 5.41) is 4.81. The van der Waals surface area contributed by atoms with Crippen molar-refractivity contribution in [2.45, 2.75) is 31.3 Å². The average Bonchev–Trinajstić information content (AvgIpc) is 3.25. The van der Waals surface area contributed by atoms with Gasteiger partial charge in [-0.05, 0) is 48.4 Å². The van der Waals surface area contributed by atoms with Crippen molar-refractivity contribution in [3.8, 4) is 0 Å². The molecule has 1 heterocycles.